The van der Waals surface area contributed by atoms with Gasteiger partial charge < -0.3 is 34.8 Å². The molecule has 1 fully saturated rings. The van der Waals surface area contributed by atoms with E-state index >= 15 is 0 Å². The van der Waals surface area contributed by atoms with Gasteiger partial charge in [-0.2, -0.15) is 15.4 Å². The largest absolute Gasteiger partial charge is 0.460 e. The van der Waals surface area contributed by atoms with Crippen LogP contribution in [0.25, 0.3) is 5.52 Å². The summed E-state index contributed by atoms with van der Waals surface area (Å²) in [7, 11) is -1.40. The summed E-state index contributed by atoms with van der Waals surface area (Å²) in [6, 6.07) is 11.7. The molecule has 2 aromatic heterocycles. The third kappa shape index (κ3) is 6.88. The van der Waals surface area contributed by atoms with Gasteiger partial charge in [-0.3, -0.25) is 9.32 Å². The SMILES string of the molecule is CO[C@](C#N)(COP(=O)(N[C@@H](C)C(=O)O[C@@H]1CCN(C)C1)Oc1ccccc1)[C@@H](O)[C@@H](O)c1ccc2c(N)ncnn12. The van der Waals surface area contributed by atoms with Crippen molar-refractivity contribution in [2.24, 2.45) is 0 Å². The minimum Gasteiger partial charge on any atom is -0.460 e. The van der Waals surface area contributed by atoms with Gasteiger partial charge in [0.25, 0.3) is 0 Å². The van der Waals surface area contributed by atoms with Crippen molar-refractivity contribution in [3.05, 3.63) is 54.5 Å². The van der Waals surface area contributed by atoms with Crippen LogP contribution in [0.4, 0.5) is 5.82 Å². The number of aromatic nitrogens is 3. The minimum absolute atomic E-state index is 0.0824. The zero-order chi connectivity index (χ0) is 30.5. The average molecular weight is 604 g/mol. The molecule has 0 spiro atoms. The number of likely N-dealkylation sites (tertiary alicyclic amines) is 1. The van der Waals surface area contributed by atoms with Crippen molar-refractivity contribution >= 4 is 25.1 Å². The van der Waals surface area contributed by atoms with E-state index in [9.17, 15) is 24.8 Å². The third-order valence-electron chi connectivity index (χ3n) is 6.90. The predicted octanol–water partition coefficient (Wildman–Crippen LogP) is 1.04. The number of hydrogen-bond donors (Lipinski definition) is 4. The number of nitrogens with two attached hydrogens (primary N) is 1. The molecule has 0 saturated carbocycles. The van der Waals surface area contributed by atoms with E-state index in [1.165, 1.54) is 42.0 Å². The molecule has 1 aliphatic rings. The Labute approximate surface area is 242 Å². The smallest absolute Gasteiger partial charge is 0.459 e. The third-order valence-corrected chi connectivity index (χ3v) is 8.52. The Morgan fingerprint density at radius 2 is 2.05 bits per heavy atom. The van der Waals surface area contributed by atoms with Crippen LogP contribution in [0, 0.1) is 11.3 Å². The van der Waals surface area contributed by atoms with Crippen molar-refractivity contribution in [2.45, 2.75) is 43.3 Å². The number of nitrogens with zero attached hydrogens (tertiary/aromatic N) is 5. The highest BCUT2D eigenvalue weighted by molar-refractivity contribution is 7.52. The number of likely N-dealkylation sites (N-methyl/N-ethyl adjacent to an activating group) is 1. The van der Waals surface area contributed by atoms with Crippen LogP contribution in [0.3, 0.4) is 0 Å². The number of nitrogens with one attached hydrogen (secondary N) is 1. The highest BCUT2D eigenvalue weighted by Crippen LogP contribution is 2.46. The maximum Gasteiger partial charge on any atom is 0.459 e. The standard InChI is InChI=1S/C26H34N7O8P/c1-17(25(36)40-19-11-12-32(2)13-19)31-42(37,41-18-7-5-4-6-8-18)39-15-26(14-27,38-3)23(35)22(34)20-9-10-21-24(28)29-16-30-33(20)21/h4-10,16-17,19,22-23,34-35H,11-13,15H2,1-3H3,(H,31,37)(H2,28,29,30)/t17-,19+,22-,23-,26+,42?/m0/s1. The lowest BCUT2D eigenvalue weighted by molar-refractivity contribution is -0.150. The Kier molecular flexibility index (Phi) is 9.80. The van der Waals surface area contributed by atoms with Crippen molar-refractivity contribution in [1.29, 1.82) is 5.26 Å². The van der Waals surface area contributed by atoms with Gasteiger partial charge in [0.2, 0.25) is 5.60 Å². The fourth-order valence-corrected chi connectivity index (χ4v) is 5.98. The number of ether oxygens (including phenoxy) is 2. The molecule has 3 aromatic rings. The second-order valence-electron chi connectivity index (χ2n) is 9.93. The van der Waals surface area contributed by atoms with Gasteiger partial charge >= 0.3 is 13.7 Å². The number of carbonyl (C=O) groups excluding carboxylic acids is 1. The van der Waals surface area contributed by atoms with E-state index in [2.05, 4.69) is 15.2 Å². The van der Waals surface area contributed by atoms with Crippen molar-refractivity contribution in [1.82, 2.24) is 24.6 Å². The molecule has 4 rings (SSSR count). The summed E-state index contributed by atoms with van der Waals surface area (Å²) < 4.78 is 37.4. The number of methoxy groups -OCH3 is 1. The first kappa shape index (κ1) is 31.3. The Bertz CT molecular complexity index is 1470. The van der Waals surface area contributed by atoms with E-state index in [0.29, 0.717) is 18.5 Å². The number of fused-ring (bicyclic) bond motifs is 1. The Morgan fingerprint density at radius 1 is 1.31 bits per heavy atom. The summed E-state index contributed by atoms with van der Waals surface area (Å²) >= 11 is 0. The molecular weight excluding hydrogens is 569 g/mol. The number of esters is 1. The van der Waals surface area contributed by atoms with Crippen LogP contribution in [0.2, 0.25) is 0 Å². The maximum atomic E-state index is 14.0. The van der Waals surface area contributed by atoms with Crippen LogP contribution < -0.4 is 15.3 Å². The first-order valence-corrected chi connectivity index (χ1v) is 14.6. The van der Waals surface area contributed by atoms with Crippen LogP contribution >= 0.6 is 7.75 Å². The number of nitriles is 1. The number of para-hydroxylation sites is 1. The molecule has 226 valence electrons. The molecule has 5 N–H and O–H groups in total. The van der Waals surface area contributed by atoms with Crippen molar-refractivity contribution in [3.63, 3.8) is 0 Å². The Hall–Kier alpha value is -3.61. The summed E-state index contributed by atoms with van der Waals surface area (Å²) in [5.41, 5.74) is 4.05. The van der Waals surface area contributed by atoms with Gasteiger partial charge in [0, 0.05) is 20.2 Å². The van der Waals surface area contributed by atoms with Crippen LogP contribution in [-0.4, -0.2) is 93.4 Å². The molecule has 42 heavy (non-hydrogen) atoms. The summed E-state index contributed by atoms with van der Waals surface area (Å²) in [5, 5.41) is 38.9. The van der Waals surface area contributed by atoms with Crippen molar-refractivity contribution in [3.8, 4) is 11.8 Å². The topological polar surface area (TPSA) is 207 Å². The molecule has 0 bridgehead atoms. The summed E-state index contributed by atoms with van der Waals surface area (Å²) in [6.07, 6.45) is -2.15. The number of rotatable bonds is 13. The van der Waals surface area contributed by atoms with Gasteiger partial charge in [0.15, 0.2) is 5.82 Å². The highest BCUT2D eigenvalue weighted by atomic mass is 31.2. The number of aliphatic hydroxyl groups excluding tert-OH is 2. The number of carbonyl (C=O) groups is 1. The summed E-state index contributed by atoms with van der Waals surface area (Å²) in [6.45, 7) is 1.94. The second-order valence-corrected chi connectivity index (χ2v) is 11.6. The fraction of sp³-hybridized carbons (Fsp3) is 0.462. The van der Waals surface area contributed by atoms with Crippen molar-refractivity contribution < 1.29 is 38.1 Å². The van der Waals surface area contributed by atoms with Crippen LogP contribution in [0.15, 0.2) is 48.8 Å². The summed E-state index contributed by atoms with van der Waals surface area (Å²) in [5.74, 6) is -0.396. The lowest BCUT2D eigenvalue weighted by Crippen LogP contribution is -2.50. The molecule has 1 saturated heterocycles. The average Bonchev–Trinajstić information content (AvgIpc) is 3.60. The number of anilines is 1. The molecule has 1 aliphatic heterocycles. The molecule has 15 nitrogen and oxygen atoms in total. The minimum atomic E-state index is -4.43. The van der Waals surface area contributed by atoms with E-state index in [0.717, 1.165) is 13.7 Å². The molecule has 0 aliphatic carbocycles. The van der Waals surface area contributed by atoms with Gasteiger partial charge in [-0.05, 0) is 44.7 Å². The van der Waals surface area contributed by atoms with Gasteiger partial charge in [-0.25, -0.2) is 14.1 Å². The summed E-state index contributed by atoms with van der Waals surface area (Å²) in [4.78, 5) is 18.7. The predicted molar refractivity (Wildman–Crippen MR) is 149 cm³/mol. The molecule has 16 heteroatoms. The second kappa shape index (κ2) is 13.1. The van der Waals surface area contributed by atoms with E-state index in [-0.39, 0.29) is 23.4 Å². The molecule has 0 radical (unpaired) electrons. The first-order valence-electron chi connectivity index (χ1n) is 13.1. The zero-order valence-electron chi connectivity index (χ0n) is 23.4. The first-order chi connectivity index (χ1) is 20.0. The molecule has 0 amide bonds. The normalized spacial score (nSPS) is 20.6. The monoisotopic (exact) mass is 603 g/mol. The number of aliphatic hydroxyl groups is 2. The Balaban J connectivity index is 1.54. The molecule has 1 aromatic carbocycles. The molecule has 3 heterocycles. The lowest BCUT2D eigenvalue weighted by atomic mass is 9.93. The lowest BCUT2D eigenvalue weighted by Gasteiger charge is -2.34. The van der Waals surface area contributed by atoms with E-state index in [4.69, 9.17) is 24.3 Å². The van der Waals surface area contributed by atoms with E-state index in [1.54, 1.807) is 18.2 Å². The number of benzene rings is 1. The highest BCUT2D eigenvalue weighted by Gasteiger charge is 2.47. The molecule has 6 atom stereocenters. The van der Waals surface area contributed by atoms with E-state index < -0.39 is 44.2 Å². The Morgan fingerprint density at radius 3 is 2.69 bits per heavy atom. The van der Waals surface area contributed by atoms with Gasteiger partial charge in [0.05, 0.1) is 5.69 Å². The van der Waals surface area contributed by atoms with Gasteiger partial charge in [-0.15, -0.1) is 0 Å². The molecular formula is C26H34N7O8P. The van der Waals surface area contributed by atoms with Gasteiger partial charge in [-0.1, -0.05) is 18.2 Å². The van der Waals surface area contributed by atoms with Gasteiger partial charge in [0.1, 0.15) is 54.6 Å². The van der Waals surface area contributed by atoms with E-state index in [1.807, 2.05) is 18.0 Å². The van der Waals surface area contributed by atoms with Crippen molar-refractivity contribution in [2.75, 3.05) is 39.6 Å². The van der Waals surface area contributed by atoms with Crippen LogP contribution in [-0.2, 0) is 23.4 Å². The zero-order valence-corrected chi connectivity index (χ0v) is 24.3. The maximum absolute atomic E-state index is 14.0. The number of hydrogen-bond acceptors (Lipinski definition) is 13. The van der Waals surface area contributed by atoms with Crippen LogP contribution in [0.1, 0.15) is 25.1 Å². The quantitative estimate of drug-likeness (QED) is 0.159. The fourth-order valence-electron chi connectivity index (χ4n) is 4.46. The molecule has 1 unspecified atom stereocenters. The number of nitrogen functional groups attached to an aromatic ring is 1. The van der Waals surface area contributed by atoms with Crippen LogP contribution in [0.5, 0.6) is 5.75 Å².